The van der Waals surface area contributed by atoms with Crippen molar-refractivity contribution in [3.63, 3.8) is 0 Å². The molecule has 0 saturated carbocycles. The van der Waals surface area contributed by atoms with Crippen molar-refractivity contribution >= 4 is 10.9 Å². The molecule has 1 N–H and O–H groups in total. The SMILES string of the molecule is Cn1cc(-c2ccc3nc(Cc4nc(-c5ccc(=O)n(C)c5)no4)[nH]c(=O)c3c2)ccc1=O. The second-order valence-corrected chi connectivity index (χ2v) is 7.67. The van der Waals surface area contributed by atoms with Gasteiger partial charge in [0.25, 0.3) is 5.56 Å². The minimum absolute atomic E-state index is 0.107. The van der Waals surface area contributed by atoms with Crippen molar-refractivity contribution in [2.75, 3.05) is 0 Å². The maximum atomic E-state index is 12.7. The zero-order valence-electron chi connectivity index (χ0n) is 17.8. The van der Waals surface area contributed by atoms with Crippen LogP contribution >= 0.6 is 0 Å². The average Bonchev–Trinajstić information content (AvgIpc) is 3.26. The lowest BCUT2D eigenvalue weighted by Gasteiger charge is -2.06. The number of pyridine rings is 2. The molecule has 0 spiro atoms. The molecule has 0 radical (unpaired) electrons. The van der Waals surface area contributed by atoms with E-state index < -0.39 is 0 Å². The fraction of sp³-hybridized carbons (Fsp3) is 0.130. The molecule has 1 aromatic carbocycles. The maximum Gasteiger partial charge on any atom is 0.258 e. The summed E-state index contributed by atoms with van der Waals surface area (Å²) in [6.45, 7) is 0. The summed E-state index contributed by atoms with van der Waals surface area (Å²) in [7, 11) is 3.32. The van der Waals surface area contributed by atoms with Gasteiger partial charge in [0.15, 0.2) is 0 Å². The minimum atomic E-state index is -0.292. The number of aromatic amines is 1. The first-order chi connectivity index (χ1) is 15.9. The van der Waals surface area contributed by atoms with Crippen molar-refractivity contribution in [3.05, 3.63) is 97.6 Å². The van der Waals surface area contributed by atoms with Crippen molar-refractivity contribution in [1.82, 2.24) is 29.2 Å². The van der Waals surface area contributed by atoms with Crippen molar-refractivity contribution < 1.29 is 4.52 Å². The van der Waals surface area contributed by atoms with E-state index in [-0.39, 0.29) is 29.0 Å². The fourth-order valence-electron chi connectivity index (χ4n) is 3.53. The lowest BCUT2D eigenvalue weighted by atomic mass is 10.1. The molecule has 0 unspecified atom stereocenters. The molecule has 10 heteroatoms. The number of H-pyrrole nitrogens is 1. The van der Waals surface area contributed by atoms with Gasteiger partial charge in [-0.3, -0.25) is 14.4 Å². The average molecular weight is 442 g/mol. The van der Waals surface area contributed by atoms with Crippen LogP contribution in [0.25, 0.3) is 33.4 Å². The normalized spacial score (nSPS) is 11.2. The molecule has 5 aromatic rings. The molecule has 5 rings (SSSR count). The van der Waals surface area contributed by atoms with Crippen LogP contribution in [-0.4, -0.2) is 29.2 Å². The van der Waals surface area contributed by atoms with Gasteiger partial charge in [0, 0.05) is 44.2 Å². The van der Waals surface area contributed by atoms with Gasteiger partial charge in [-0.05, 0) is 35.4 Å². The smallest absolute Gasteiger partial charge is 0.258 e. The first-order valence-electron chi connectivity index (χ1n) is 10.1. The zero-order chi connectivity index (χ0) is 23.1. The molecule has 0 bridgehead atoms. The van der Waals surface area contributed by atoms with Crippen molar-refractivity contribution in [2.24, 2.45) is 14.1 Å². The summed E-state index contributed by atoms with van der Waals surface area (Å²) >= 11 is 0. The number of hydrogen-bond acceptors (Lipinski definition) is 7. The molecule has 0 saturated heterocycles. The molecule has 4 aromatic heterocycles. The van der Waals surface area contributed by atoms with E-state index in [1.165, 1.54) is 21.3 Å². The Morgan fingerprint density at radius 2 is 1.52 bits per heavy atom. The predicted molar refractivity (Wildman–Crippen MR) is 121 cm³/mol. The second-order valence-electron chi connectivity index (χ2n) is 7.67. The van der Waals surface area contributed by atoms with Gasteiger partial charge in [-0.15, -0.1) is 0 Å². The quantitative estimate of drug-likeness (QED) is 0.448. The van der Waals surface area contributed by atoms with Crippen molar-refractivity contribution in [3.8, 4) is 22.5 Å². The standard InChI is InChI=1S/C23H18N6O4/c1-28-11-14(4-7-20(28)30)13-3-6-17-16(9-13)23(32)25-18(24-17)10-19-26-22(27-33-19)15-5-8-21(31)29(2)12-15/h3-9,11-12H,10H2,1-2H3,(H,24,25,32). The molecule has 0 aliphatic heterocycles. The highest BCUT2D eigenvalue weighted by atomic mass is 16.5. The molecular weight excluding hydrogens is 424 g/mol. The van der Waals surface area contributed by atoms with Crippen LogP contribution in [0, 0.1) is 0 Å². The Morgan fingerprint density at radius 3 is 2.24 bits per heavy atom. The van der Waals surface area contributed by atoms with Crippen LogP contribution < -0.4 is 16.7 Å². The third-order valence-electron chi connectivity index (χ3n) is 5.30. The molecule has 33 heavy (non-hydrogen) atoms. The van der Waals surface area contributed by atoms with Gasteiger partial charge in [0.1, 0.15) is 5.82 Å². The van der Waals surface area contributed by atoms with Crippen LogP contribution in [0.2, 0.25) is 0 Å². The third kappa shape index (κ3) is 3.89. The Kier molecular flexibility index (Phi) is 4.82. The summed E-state index contributed by atoms with van der Waals surface area (Å²) in [5.41, 5.74) is 2.25. The van der Waals surface area contributed by atoms with E-state index in [1.807, 2.05) is 6.07 Å². The molecule has 0 aliphatic rings. The summed E-state index contributed by atoms with van der Waals surface area (Å²) in [5.74, 6) is 1.01. The van der Waals surface area contributed by atoms with Gasteiger partial charge in [-0.2, -0.15) is 4.98 Å². The van der Waals surface area contributed by atoms with Crippen LogP contribution in [0.4, 0.5) is 0 Å². The van der Waals surface area contributed by atoms with Crippen molar-refractivity contribution in [1.29, 1.82) is 0 Å². The van der Waals surface area contributed by atoms with Gasteiger partial charge in [-0.25, -0.2) is 4.98 Å². The minimum Gasteiger partial charge on any atom is -0.338 e. The summed E-state index contributed by atoms with van der Waals surface area (Å²) in [5, 5.41) is 4.38. The van der Waals surface area contributed by atoms with E-state index in [9.17, 15) is 14.4 Å². The van der Waals surface area contributed by atoms with Crippen LogP contribution in [0.15, 0.2) is 73.8 Å². The number of rotatable bonds is 4. The highest BCUT2D eigenvalue weighted by molar-refractivity contribution is 5.83. The molecule has 4 heterocycles. The fourth-order valence-corrected chi connectivity index (χ4v) is 3.53. The number of benzene rings is 1. The monoisotopic (exact) mass is 442 g/mol. The number of nitrogens with one attached hydrogen (secondary N) is 1. The van der Waals surface area contributed by atoms with E-state index in [4.69, 9.17) is 4.52 Å². The van der Waals surface area contributed by atoms with Gasteiger partial charge < -0.3 is 18.6 Å². The Balaban J connectivity index is 1.45. The highest BCUT2D eigenvalue weighted by Gasteiger charge is 2.13. The highest BCUT2D eigenvalue weighted by Crippen LogP contribution is 2.21. The summed E-state index contributed by atoms with van der Waals surface area (Å²) in [4.78, 5) is 47.6. The van der Waals surface area contributed by atoms with E-state index in [1.54, 1.807) is 50.8 Å². The van der Waals surface area contributed by atoms with E-state index >= 15 is 0 Å². The van der Waals surface area contributed by atoms with Crippen LogP contribution in [0.3, 0.4) is 0 Å². The van der Waals surface area contributed by atoms with E-state index in [0.29, 0.717) is 28.1 Å². The van der Waals surface area contributed by atoms with Gasteiger partial charge in [-0.1, -0.05) is 11.2 Å². The number of aromatic nitrogens is 6. The van der Waals surface area contributed by atoms with Crippen LogP contribution in [0.5, 0.6) is 0 Å². The maximum absolute atomic E-state index is 12.7. The van der Waals surface area contributed by atoms with E-state index in [2.05, 4.69) is 20.1 Å². The first-order valence-corrected chi connectivity index (χ1v) is 10.1. The first kappa shape index (κ1) is 20.3. The zero-order valence-corrected chi connectivity index (χ0v) is 17.8. The summed E-state index contributed by atoms with van der Waals surface area (Å²) in [6.07, 6.45) is 3.49. The van der Waals surface area contributed by atoms with Crippen LogP contribution in [-0.2, 0) is 20.5 Å². The molecular formula is C23H18N6O4. The van der Waals surface area contributed by atoms with Gasteiger partial charge in [0.05, 0.1) is 17.3 Å². The van der Waals surface area contributed by atoms with Crippen molar-refractivity contribution in [2.45, 2.75) is 6.42 Å². The Labute approximate surface area is 185 Å². The Bertz CT molecular complexity index is 1690. The summed E-state index contributed by atoms with van der Waals surface area (Å²) < 4.78 is 8.22. The second kappa shape index (κ2) is 7.83. The number of fused-ring (bicyclic) bond motifs is 1. The molecule has 0 aliphatic carbocycles. The molecule has 164 valence electrons. The predicted octanol–water partition coefficient (Wildman–Crippen LogP) is 1.63. The molecule has 0 amide bonds. The lowest BCUT2D eigenvalue weighted by molar-refractivity contribution is 0.384. The molecule has 0 atom stereocenters. The number of hydrogen-bond donors (Lipinski definition) is 1. The number of aryl methyl sites for hydroxylation is 2. The van der Waals surface area contributed by atoms with Gasteiger partial charge in [0.2, 0.25) is 22.8 Å². The van der Waals surface area contributed by atoms with Gasteiger partial charge >= 0.3 is 0 Å². The molecule has 10 nitrogen and oxygen atoms in total. The third-order valence-corrected chi connectivity index (χ3v) is 5.30. The lowest BCUT2D eigenvalue weighted by Crippen LogP contribution is -2.14. The van der Waals surface area contributed by atoms with E-state index in [0.717, 1.165) is 11.1 Å². The topological polar surface area (TPSA) is 129 Å². The van der Waals surface area contributed by atoms with Crippen LogP contribution in [0.1, 0.15) is 11.7 Å². The Hall–Kier alpha value is -4.60. The number of nitrogens with zero attached hydrogens (tertiary/aromatic N) is 5. The Morgan fingerprint density at radius 1 is 0.848 bits per heavy atom. The molecule has 0 fully saturated rings. The summed E-state index contributed by atoms with van der Waals surface area (Å²) in [6, 6.07) is 11.6. The largest absolute Gasteiger partial charge is 0.338 e.